The molecule has 0 aromatic heterocycles. The maximum Gasteiger partial charge on any atom is 0.149 e. The first-order valence-electron chi connectivity index (χ1n) is 4.03. The van der Waals surface area contributed by atoms with Gasteiger partial charge in [-0.15, -0.1) is 0 Å². The Bertz CT molecular complexity index is 305. The van der Waals surface area contributed by atoms with Crippen LogP contribution >= 0.6 is 11.8 Å². The summed E-state index contributed by atoms with van der Waals surface area (Å²) in [6, 6.07) is 7.96. The second kappa shape index (κ2) is 5.55. The molecule has 1 nitrogen and oxygen atoms in total. The van der Waals surface area contributed by atoms with Gasteiger partial charge in [-0.2, -0.15) is 0 Å². The van der Waals surface area contributed by atoms with Crippen LogP contribution in [-0.4, -0.2) is 12.9 Å². The van der Waals surface area contributed by atoms with Crippen molar-refractivity contribution in [2.45, 2.75) is 6.92 Å². The van der Waals surface area contributed by atoms with Crippen LogP contribution in [0.3, 0.4) is 0 Å². The van der Waals surface area contributed by atoms with Gasteiger partial charge in [0, 0.05) is 0 Å². The molecule has 68 valence electrons. The summed E-state index contributed by atoms with van der Waals surface area (Å²) in [7, 11) is 0. The molecule has 0 aliphatic rings. The van der Waals surface area contributed by atoms with Gasteiger partial charge in [0.15, 0.2) is 0 Å². The second-order valence-corrected chi connectivity index (χ2v) is 3.20. The van der Waals surface area contributed by atoms with Gasteiger partial charge in [-0.3, -0.25) is 0 Å². The summed E-state index contributed by atoms with van der Waals surface area (Å²) in [5, 5.41) is 2.87. The summed E-state index contributed by atoms with van der Waals surface area (Å²) in [4.78, 5) is 0. The van der Waals surface area contributed by atoms with Crippen LogP contribution in [0.5, 0.6) is 5.75 Å². The van der Waals surface area contributed by atoms with E-state index in [1.165, 1.54) is 17.3 Å². The monoisotopic (exact) mass is 192 g/mol. The molecule has 0 saturated heterocycles. The Morgan fingerprint density at radius 1 is 1.31 bits per heavy atom. The number of aryl methyl sites for hydroxylation is 1. The molecule has 0 amide bonds. The number of hydrogen-bond donors (Lipinski definition) is 0. The first-order valence-corrected chi connectivity index (χ1v) is 5.25. The molecule has 0 spiro atoms. The molecule has 13 heavy (non-hydrogen) atoms. The molecule has 0 aliphatic carbocycles. The van der Waals surface area contributed by atoms with E-state index in [0.29, 0.717) is 6.61 Å². The standard InChI is InChI=1S/C11H12OS/c1-10-4-6-11(7-5-10)12-8-3-9-13-2/h4-7H,8H2,1-2H3. The molecular weight excluding hydrogens is 180 g/mol. The summed E-state index contributed by atoms with van der Waals surface area (Å²) in [6.07, 6.45) is 1.94. The van der Waals surface area contributed by atoms with E-state index in [0.717, 1.165) is 5.75 Å². The highest BCUT2D eigenvalue weighted by Crippen LogP contribution is 2.10. The SMILES string of the molecule is CSC#CCOc1ccc(C)cc1. The Morgan fingerprint density at radius 3 is 2.62 bits per heavy atom. The van der Waals surface area contributed by atoms with Gasteiger partial charge in [-0.25, -0.2) is 0 Å². The van der Waals surface area contributed by atoms with Gasteiger partial charge in [-0.05, 0) is 30.6 Å². The lowest BCUT2D eigenvalue weighted by molar-refractivity contribution is 0.370. The lowest BCUT2D eigenvalue weighted by Crippen LogP contribution is -1.92. The van der Waals surface area contributed by atoms with E-state index < -0.39 is 0 Å². The molecule has 0 unspecified atom stereocenters. The van der Waals surface area contributed by atoms with Crippen LogP contribution < -0.4 is 4.74 Å². The molecule has 0 N–H and O–H groups in total. The van der Waals surface area contributed by atoms with Crippen LogP contribution in [0, 0.1) is 18.1 Å². The summed E-state index contributed by atoms with van der Waals surface area (Å²) in [5.74, 6) is 3.76. The maximum atomic E-state index is 5.38. The Balaban J connectivity index is 2.41. The fraction of sp³-hybridized carbons (Fsp3) is 0.273. The number of ether oxygens (including phenoxy) is 1. The van der Waals surface area contributed by atoms with E-state index in [1.807, 2.05) is 30.5 Å². The van der Waals surface area contributed by atoms with Crippen molar-refractivity contribution < 1.29 is 4.74 Å². The summed E-state index contributed by atoms with van der Waals surface area (Å²) < 4.78 is 5.38. The van der Waals surface area contributed by atoms with Crippen molar-refractivity contribution in [1.82, 2.24) is 0 Å². The predicted molar refractivity (Wildman–Crippen MR) is 58.0 cm³/mol. The van der Waals surface area contributed by atoms with E-state index in [4.69, 9.17) is 4.74 Å². The van der Waals surface area contributed by atoms with Crippen LogP contribution in [0.25, 0.3) is 0 Å². The third-order valence-corrected chi connectivity index (χ3v) is 1.85. The summed E-state index contributed by atoms with van der Waals surface area (Å²) in [6.45, 7) is 2.52. The van der Waals surface area contributed by atoms with Gasteiger partial charge in [0.1, 0.15) is 12.4 Å². The number of hydrogen-bond acceptors (Lipinski definition) is 2. The molecule has 0 saturated carbocycles. The fourth-order valence-electron chi connectivity index (χ4n) is 0.856. The van der Waals surface area contributed by atoms with Crippen molar-refractivity contribution in [3.63, 3.8) is 0 Å². The minimum Gasteiger partial charge on any atom is -0.481 e. The Kier molecular flexibility index (Phi) is 4.28. The number of benzene rings is 1. The first-order chi connectivity index (χ1) is 6.33. The van der Waals surface area contributed by atoms with E-state index in [9.17, 15) is 0 Å². The molecule has 2 heteroatoms. The second-order valence-electron chi connectivity index (χ2n) is 2.58. The Morgan fingerprint density at radius 2 is 2.00 bits per heavy atom. The number of thioether (sulfide) groups is 1. The van der Waals surface area contributed by atoms with Crippen LogP contribution in [0.15, 0.2) is 24.3 Å². The molecule has 0 atom stereocenters. The molecule has 0 radical (unpaired) electrons. The minimum atomic E-state index is 0.462. The summed E-state index contributed by atoms with van der Waals surface area (Å²) >= 11 is 1.50. The van der Waals surface area contributed by atoms with Crippen LogP contribution in [0.1, 0.15) is 5.56 Å². The Labute approximate surface area is 83.5 Å². The molecule has 1 rings (SSSR count). The van der Waals surface area contributed by atoms with E-state index in [1.54, 1.807) is 0 Å². The topological polar surface area (TPSA) is 9.23 Å². The van der Waals surface area contributed by atoms with Gasteiger partial charge in [-0.1, -0.05) is 35.4 Å². The molecule has 0 heterocycles. The van der Waals surface area contributed by atoms with Crippen LogP contribution in [0.4, 0.5) is 0 Å². The van der Waals surface area contributed by atoms with Crippen molar-refractivity contribution in [3.05, 3.63) is 29.8 Å². The molecule has 1 aromatic carbocycles. The highest BCUT2D eigenvalue weighted by atomic mass is 32.2. The highest BCUT2D eigenvalue weighted by Gasteiger charge is 1.89. The highest BCUT2D eigenvalue weighted by molar-refractivity contribution is 8.03. The average Bonchev–Trinajstić information content (AvgIpc) is 2.15. The van der Waals surface area contributed by atoms with Crippen molar-refractivity contribution >= 4 is 11.8 Å². The quantitative estimate of drug-likeness (QED) is 0.666. The molecule has 0 bridgehead atoms. The Hall–Kier alpha value is -1.07. The van der Waals surface area contributed by atoms with Crippen molar-refractivity contribution in [1.29, 1.82) is 0 Å². The minimum absolute atomic E-state index is 0.462. The van der Waals surface area contributed by atoms with E-state index in [2.05, 4.69) is 18.1 Å². The van der Waals surface area contributed by atoms with E-state index in [-0.39, 0.29) is 0 Å². The van der Waals surface area contributed by atoms with Gasteiger partial charge >= 0.3 is 0 Å². The first kappa shape index (κ1) is 10.0. The van der Waals surface area contributed by atoms with Crippen LogP contribution in [0.2, 0.25) is 0 Å². The van der Waals surface area contributed by atoms with Crippen LogP contribution in [-0.2, 0) is 0 Å². The molecule has 0 fully saturated rings. The zero-order chi connectivity index (χ0) is 9.52. The van der Waals surface area contributed by atoms with Crippen molar-refractivity contribution in [2.24, 2.45) is 0 Å². The third kappa shape index (κ3) is 3.91. The predicted octanol–water partition coefficient (Wildman–Crippen LogP) is 2.70. The summed E-state index contributed by atoms with van der Waals surface area (Å²) in [5.41, 5.74) is 1.24. The van der Waals surface area contributed by atoms with Crippen molar-refractivity contribution in [2.75, 3.05) is 12.9 Å². The molecular formula is C11H12OS. The lowest BCUT2D eigenvalue weighted by atomic mass is 10.2. The average molecular weight is 192 g/mol. The smallest absolute Gasteiger partial charge is 0.149 e. The van der Waals surface area contributed by atoms with Gasteiger partial charge in [0.05, 0.1) is 0 Å². The van der Waals surface area contributed by atoms with Gasteiger partial charge < -0.3 is 4.74 Å². The third-order valence-electron chi connectivity index (χ3n) is 1.51. The lowest BCUT2D eigenvalue weighted by Gasteiger charge is -2.00. The number of rotatable bonds is 2. The molecule has 0 aliphatic heterocycles. The fourth-order valence-corrected chi connectivity index (χ4v) is 1.06. The van der Waals surface area contributed by atoms with Gasteiger partial charge in [0.25, 0.3) is 0 Å². The molecule has 1 aromatic rings. The van der Waals surface area contributed by atoms with Gasteiger partial charge in [0.2, 0.25) is 0 Å². The zero-order valence-corrected chi connectivity index (χ0v) is 8.65. The zero-order valence-electron chi connectivity index (χ0n) is 7.83. The van der Waals surface area contributed by atoms with E-state index >= 15 is 0 Å². The van der Waals surface area contributed by atoms with Crippen molar-refractivity contribution in [3.8, 4) is 16.9 Å². The maximum absolute atomic E-state index is 5.38. The largest absolute Gasteiger partial charge is 0.481 e. The normalized spacial score (nSPS) is 8.77.